The molecule has 1 saturated carbocycles. The van der Waals surface area contributed by atoms with Gasteiger partial charge < -0.3 is 9.88 Å². The predicted molar refractivity (Wildman–Crippen MR) is 105 cm³/mol. The number of hydrogen-bond acceptors (Lipinski definition) is 5. The molecule has 0 aromatic carbocycles. The van der Waals surface area contributed by atoms with Gasteiger partial charge in [-0.15, -0.1) is 10.2 Å². The van der Waals surface area contributed by atoms with Gasteiger partial charge in [0.25, 0.3) is 0 Å². The molecule has 1 fully saturated rings. The number of nitrogens with one attached hydrogen (secondary N) is 1. The first-order chi connectivity index (χ1) is 12.5. The van der Waals surface area contributed by atoms with Gasteiger partial charge in [-0.2, -0.15) is 0 Å². The number of aromatic nitrogens is 4. The number of amides is 1. The van der Waals surface area contributed by atoms with Crippen molar-refractivity contribution in [1.82, 2.24) is 19.7 Å². The third-order valence-electron chi connectivity index (χ3n) is 4.48. The van der Waals surface area contributed by atoms with E-state index in [4.69, 9.17) is 23.2 Å². The number of thioether (sulfide) groups is 1. The molecule has 0 radical (unpaired) electrons. The molecule has 0 aliphatic heterocycles. The molecule has 6 nitrogen and oxygen atoms in total. The van der Waals surface area contributed by atoms with Gasteiger partial charge in [-0.05, 0) is 32.8 Å². The standard InChI is InChI=1S/C17H21Cl2N5OS/c1-10(16(25)21-15-14(19)8-12(18)9-20-15)26-17-23-22-11(2)24(17)13-6-4-3-5-7-13/h8-10,13H,3-7H2,1-2H3,(H,20,21,25). The molecule has 2 heterocycles. The maximum absolute atomic E-state index is 12.5. The van der Waals surface area contributed by atoms with Crippen LogP contribution in [0.1, 0.15) is 50.9 Å². The lowest BCUT2D eigenvalue weighted by molar-refractivity contribution is -0.115. The highest BCUT2D eigenvalue weighted by molar-refractivity contribution is 8.00. The van der Waals surface area contributed by atoms with Crippen LogP contribution in [0.3, 0.4) is 0 Å². The highest BCUT2D eigenvalue weighted by Crippen LogP contribution is 2.34. The zero-order valence-electron chi connectivity index (χ0n) is 14.7. The summed E-state index contributed by atoms with van der Waals surface area (Å²) in [5, 5.41) is 12.4. The van der Waals surface area contributed by atoms with E-state index in [0.717, 1.165) is 23.8 Å². The average molecular weight is 414 g/mol. The molecule has 1 atom stereocenters. The number of aryl methyl sites for hydroxylation is 1. The molecule has 1 aliphatic carbocycles. The Morgan fingerprint density at radius 3 is 2.73 bits per heavy atom. The molecule has 2 aromatic heterocycles. The Morgan fingerprint density at radius 2 is 2.04 bits per heavy atom. The van der Waals surface area contributed by atoms with E-state index in [2.05, 4.69) is 25.1 Å². The van der Waals surface area contributed by atoms with E-state index in [1.165, 1.54) is 37.2 Å². The van der Waals surface area contributed by atoms with Crippen LogP contribution in [0.25, 0.3) is 0 Å². The molecular formula is C17H21Cl2N5OS. The van der Waals surface area contributed by atoms with Gasteiger partial charge in [0, 0.05) is 12.2 Å². The van der Waals surface area contributed by atoms with Gasteiger partial charge in [-0.25, -0.2) is 4.98 Å². The second-order valence-corrected chi connectivity index (χ2v) is 8.58. The molecular weight excluding hydrogens is 393 g/mol. The van der Waals surface area contributed by atoms with E-state index in [9.17, 15) is 4.79 Å². The van der Waals surface area contributed by atoms with Crippen LogP contribution >= 0.6 is 35.0 Å². The van der Waals surface area contributed by atoms with Crippen LogP contribution in [0.2, 0.25) is 10.0 Å². The summed E-state index contributed by atoms with van der Waals surface area (Å²) in [5.41, 5.74) is 0. The fourth-order valence-electron chi connectivity index (χ4n) is 3.13. The molecule has 2 aromatic rings. The summed E-state index contributed by atoms with van der Waals surface area (Å²) in [4.78, 5) is 16.6. The van der Waals surface area contributed by atoms with Gasteiger partial charge in [0.1, 0.15) is 5.82 Å². The molecule has 0 saturated heterocycles. The molecule has 3 rings (SSSR count). The zero-order chi connectivity index (χ0) is 18.7. The maximum Gasteiger partial charge on any atom is 0.238 e. The lowest BCUT2D eigenvalue weighted by Gasteiger charge is -2.25. The Hall–Kier alpha value is -1.31. The fraction of sp³-hybridized carbons (Fsp3) is 0.529. The van der Waals surface area contributed by atoms with Crippen molar-refractivity contribution in [2.75, 3.05) is 5.32 Å². The van der Waals surface area contributed by atoms with Gasteiger partial charge in [0.15, 0.2) is 11.0 Å². The van der Waals surface area contributed by atoms with Gasteiger partial charge in [-0.1, -0.05) is 54.2 Å². The first-order valence-corrected chi connectivity index (χ1v) is 10.3. The second kappa shape index (κ2) is 8.59. The number of carbonyl (C=O) groups is 1. The Balaban J connectivity index is 1.69. The van der Waals surface area contributed by atoms with Crippen molar-refractivity contribution < 1.29 is 4.79 Å². The number of rotatable bonds is 5. The van der Waals surface area contributed by atoms with E-state index in [1.54, 1.807) is 6.07 Å². The molecule has 1 unspecified atom stereocenters. The van der Waals surface area contributed by atoms with Crippen molar-refractivity contribution in [3.05, 3.63) is 28.1 Å². The van der Waals surface area contributed by atoms with E-state index >= 15 is 0 Å². The quantitative estimate of drug-likeness (QED) is 0.704. The predicted octanol–water partition coefficient (Wildman–Crippen LogP) is 4.91. The highest BCUT2D eigenvalue weighted by Gasteiger charge is 2.25. The first-order valence-electron chi connectivity index (χ1n) is 8.65. The molecule has 1 N–H and O–H groups in total. The average Bonchev–Trinajstić information content (AvgIpc) is 2.98. The summed E-state index contributed by atoms with van der Waals surface area (Å²) in [6, 6.07) is 1.97. The monoisotopic (exact) mass is 413 g/mol. The third-order valence-corrected chi connectivity index (χ3v) is 6.03. The summed E-state index contributed by atoms with van der Waals surface area (Å²) < 4.78 is 2.18. The van der Waals surface area contributed by atoms with Crippen LogP contribution in [0.4, 0.5) is 5.82 Å². The van der Waals surface area contributed by atoms with Crippen molar-refractivity contribution in [2.24, 2.45) is 0 Å². The number of nitrogens with zero attached hydrogens (tertiary/aromatic N) is 4. The minimum Gasteiger partial charge on any atom is -0.308 e. The van der Waals surface area contributed by atoms with Crippen LogP contribution in [-0.2, 0) is 4.79 Å². The lowest BCUT2D eigenvalue weighted by Crippen LogP contribution is -2.24. The van der Waals surface area contributed by atoms with E-state index in [-0.39, 0.29) is 11.2 Å². The van der Waals surface area contributed by atoms with Gasteiger partial charge in [0.05, 0.1) is 15.3 Å². The summed E-state index contributed by atoms with van der Waals surface area (Å²) in [6.45, 7) is 3.80. The Bertz CT molecular complexity index is 791. The minimum atomic E-state index is -0.366. The maximum atomic E-state index is 12.5. The van der Waals surface area contributed by atoms with E-state index in [0.29, 0.717) is 21.9 Å². The highest BCUT2D eigenvalue weighted by atomic mass is 35.5. The Labute approximate surface area is 167 Å². The van der Waals surface area contributed by atoms with Crippen molar-refractivity contribution in [1.29, 1.82) is 0 Å². The molecule has 9 heteroatoms. The molecule has 0 bridgehead atoms. The van der Waals surface area contributed by atoms with Crippen LogP contribution < -0.4 is 5.32 Å². The summed E-state index contributed by atoms with van der Waals surface area (Å²) >= 11 is 13.3. The smallest absolute Gasteiger partial charge is 0.238 e. The normalized spacial score (nSPS) is 16.5. The third kappa shape index (κ3) is 4.50. The minimum absolute atomic E-state index is 0.192. The largest absolute Gasteiger partial charge is 0.308 e. The van der Waals surface area contributed by atoms with E-state index in [1.807, 2.05) is 13.8 Å². The molecule has 1 amide bonds. The molecule has 26 heavy (non-hydrogen) atoms. The molecule has 140 valence electrons. The number of carbonyl (C=O) groups excluding carboxylic acids is 1. The van der Waals surface area contributed by atoms with Crippen molar-refractivity contribution >= 4 is 46.7 Å². The van der Waals surface area contributed by atoms with Crippen molar-refractivity contribution in [2.45, 2.75) is 62.4 Å². The molecule has 1 aliphatic rings. The summed E-state index contributed by atoms with van der Waals surface area (Å²) in [5.74, 6) is 1.01. The number of anilines is 1. The number of hydrogen-bond donors (Lipinski definition) is 1. The van der Waals surface area contributed by atoms with Crippen LogP contribution in [0, 0.1) is 6.92 Å². The zero-order valence-corrected chi connectivity index (χ0v) is 17.0. The topological polar surface area (TPSA) is 72.7 Å². The number of halogens is 2. The van der Waals surface area contributed by atoms with Crippen LogP contribution in [-0.4, -0.2) is 30.9 Å². The van der Waals surface area contributed by atoms with Gasteiger partial charge >= 0.3 is 0 Å². The fourth-order valence-corrected chi connectivity index (χ4v) is 4.52. The lowest BCUT2D eigenvalue weighted by atomic mass is 9.95. The molecule has 0 spiro atoms. The number of pyridine rings is 1. The van der Waals surface area contributed by atoms with Crippen LogP contribution in [0.15, 0.2) is 17.4 Å². The van der Waals surface area contributed by atoms with Gasteiger partial charge in [-0.3, -0.25) is 4.79 Å². The van der Waals surface area contributed by atoms with Crippen molar-refractivity contribution in [3.63, 3.8) is 0 Å². The SMILES string of the molecule is Cc1nnc(SC(C)C(=O)Nc2ncc(Cl)cc2Cl)n1C1CCCCC1. The van der Waals surface area contributed by atoms with Crippen LogP contribution in [0.5, 0.6) is 0 Å². The first kappa shape index (κ1) is 19.5. The second-order valence-electron chi connectivity index (χ2n) is 6.42. The Morgan fingerprint density at radius 1 is 1.31 bits per heavy atom. The summed E-state index contributed by atoms with van der Waals surface area (Å²) in [6.07, 6.45) is 7.46. The Kier molecular flexibility index (Phi) is 6.42. The van der Waals surface area contributed by atoms with Gasteiger partial charge in [0.2, 0.25) is 5.91 Å². The summed E-state index contributed by atoms with van der Waals surface area (Å²) in [7, 11) is 0. The van der Waals surface area contributed by atoms with Crippen molar-refractivity contribution in [3.8, 4) is 0 Å². The van der Waals surface area contributed by atoms with E-state index < -0.39 is 0 Å².